The smallest absolute Gasteiger partial charge is 0.410 e. The molecule has 9 heteroatoms. The molecular weight excluding hydrogens is 472 g/mol. The van der Waals surface area contributed by atoms with Crippen molar-refractivity contribution in [1.82, 2.24) is 9.80 Å². The lowest BCUT2D eigenvalue weighted by Crippen LogP contribution is -2.52. The van der Waals surface area contributed by atoms with Gasteiger partial charge >= 0.3 is 6.09 Å². The first-order valence-electron chi connectivity index (χ1n) is 12.5. The number of hydrogen-bond acceptors (Lipinski definition) is 6. The van der Waals surface area contributed by atoms with E-state index in [1.807, 2.05) is 69.3 Å². The van der Waals surface area contributed by atoms with E-state index in [9.17, 15) is 19.6 Å². The van der Waals surface area contributed by atoms with Gasteiger partial charge in [-0.25, -0.2) is 4.79 Å². The zero-order valence-corrected chi connectivity index (χ0v) is 21.7. The number of nitrogens with zero attached hydrogens (tertiary/aromatic N) is 3. The molecule has 0 bridgehead atoms. The van der Waals surface area contributed by atoms with E-state index in [4.69, 9.17) is 4.74 Å². The Bertz CT molecular complexity index is 1200. The van der Waals surface area contributed by atoms with Gasteiger partial charge in [0.2, 0.25) is 11.8 Å². The second kappa shape index (κ2) is 10.6. The number of likely N-dealkylation sites (N-methyl/N-ethyl adjacent to an activating group) is 1. The monoisotopic (exact) mass is 506 g/mol. The maximum absolute atomic E-state index is 14.0. The molecule has 2 heterocycles. The Hall–Kier alpha value is -3.88. The molecule has 2 N–H and O–H groups in total. The highest BCUT2D eigenvalue weighted by Crippen LogP contribution is 2.46. The predicted octanol–water partition coefficient (Wildman–Crippen LogP) is 3.93. The highest BCUT2D eigenvalue weighted by atomic mass is 16.6. The van der Waals surface area contributed by atoms with Gasteiger partial charge in [-0.1, -0.05) is 67.0 Å². The summed E-state index contributed by atoms with van der Waals surface area (Å²) < 4.78 is 5.50. The number of rotatable bonds is 7. The number of benzene rings is 2. The van der Waals surface area contributed by atoms with Gasteiger partial charge in [0, 0.05) is 19.3 Å². The lowest BCUT2D eigenvalue weighted by atomic mass is 9.79. The molecule has 1 spiro atoms. The number of fused-ring (bicyclic) bond motifs is 2. The zero-order valence-electron chi connectivity index (χ0n) is 21.7. The van der Waals surface area contributed by atoms with Crippen molar-refractivity contribution in [2.24, 2.45) is 11.1 Å². The number of oxime groups is 1. The molecule has 2 aliphatic heterocycles. The van der Waals surface area contributed by atoms with Crippen molar-refractivity contribution in [3.05, 3.63) is 65.2 Å². The summed E-state index contributed by atoms with van der Waals surface area (Å²) in [7, 11) is 1.56. The van der Waals surface area contributed by atoms with Crippen LogP contribution in [0.15, 0.2) is 53.7 Å². The summed E-state index contributed by atoms with van der Waals surface area (Å²) in [5.41, 5.74) is 2.45. The average molecular weight is 507 g/mol. The van der Waals surface area contributed by atoms with Crippen molar-refractivity contribution in [1.29, 1.82) is 0 Å². The van der Waals surface area contributed by atoms with Gasteiger partial charge < -0.3 is 20.2 Å². The maximum Gasteiger partial charge on any atom is 0.410 e. The quantitative estimate of drug-likeness (QED) is 0.336. The van der Waals surface area contributed by atoms with Crippen LogP contribution in [-0.4, -0.2) is 64.8 Å². The van der Waals surface area contributed by atoms with Crippen LogP contribution in [0.25, 0.3) is 0 Å². The molecule has 0 unspecified atom stereocenters. The van der Waals surface area contributed by atoms with E-state index >= 15 is 0 Å². The second-order valence-corrected chi connectivity index (χ2v) is 10.4. The molecule has 1 saturated heterocycles. The normalized spacial score (nSPS) is 21.4. The molecule has 196 valence electrons. The van der Waals surface area contributed by atoms with Gasteiger partial charge in [-0.05, 0) is 42.9 Å². The topological polar surface area (TPSA) is 112 Å². The first-order chi connectivity index (χ1) is 17.7. The van der Waals surface area contributed by atoms with E-state index in [0.29, 0.717) is 6.42 Å². The summed E-state index contributed by atoms with van der Waals surface area (Å²) in [5, 5.41) is 15.5. The Morgan fingerprint density at radius 2 is 2.00 bits per heavy atom. The Morgan fingerprint density at radius 3 is 2.68 bits per heavy atom. The predicted molar refractivity (Wildman–Crippen MR) is 140 cm³/mol. The van der Waals surface area contributed by atoms with Crippen LogP contribution in [0.3, 0.4) is 0 Å². The fraction of sp³-hybridized carbons (Fsp3) is 0.429. The fourth-order valence-corrected chi connectivity index (χ4v) is 5.29. The first-order valence-corrected chi connectivity index (χ1v) is 12.5. The van der Waals surface area contributed by atoms with E-state index < -0.39 is 23.6 Å². The number of anilines is 1. The summed E-state index contributed by atoms with van der Waals surface area (Å²) in [6.45, 7) is 6.12. The first kappa shape index (κ1) is 26.2. The van der Waals surface area contributed by atoms with Gasteiger partial charge in [-0.2, -0.15) is 0 Å². The van der Waals surface area contributed by atoms with Crippen molar-refractivity contribution >= 4 is 29.8 Å². The van der Waals surface area contributed by atoms with Crippen LogP contribution >= 0.6 is 0 Å². The van der Waals surface area contributed by atoms with Gasteiger partial charge in [0.1, 0.15) is 12.6 Å². The van der Waals surface area contributed by atoms with E-state index in [2.05, 4.69) is 10.5 Å². The van der Waals surface area contributed by atoms with Gasteiger partial charge in [0.25, 0.3) is 0 Å². The summed E-state index contributed by atoms with van der Waals surface area (Å²) >= 11 is 0. The summed E-state index contributed by atoms with van der Waals surface area (Å²) in [4.78, 5) is 43.1. The van der Waals surface area contributed by atoms with Gasteiger partial charge in [-0.15, -0.1) is 0 Å². The van der Waals surface area contributed by atoms with Crippen LogP contribution in [0.2, 0.25) is 0 Å². The molecule has 0 saturated carbocycles. The third kappa shape index (κ3) is 5.16. The van der Waals surface area contributed by atoms with E-state index in [0.717, 1.165) is 22.4 Å². The van der Waals surface area contributed by atoms with E-state index in [-0.39, 0.29) is 37.3 Å². The van der Waals surface area contributed by atoms with Crippen molar-refractivity contribution < 1.29 is 24.3 Å². The Balaban J connectivity index is 1.60. The molecular formula is C28H34N4O5. The highest BCUT2D eigenvalue weighted by Gasteiger charge is 2.56. The SMILES string of the molecule is Cc1ccc2c(c1)[C@@]1(C[C@@H](/C=N/O)N(C(=O)[C@H](CC(C)C)N(C)C(=O)OCc3ccccc3)C1)C(=O)N2. The maximum atomic E-state index is 14.0. The van der Waals surface area contributed by atoms with Gasteiger partial charge in [-0.3, -0.25) is 14.5 Å². The number of hydrogen-bond donors (Lipinski definition) is 2. The van der Waals surface area contributed by atoms with Gasteiger partial charge in [0.15, 0.2) is 0 Å². The summed E-state index contributed by atoms with van der Waals surface area (Å²) in [6.07, 6.45) is 1.36. The Labute approximate surface area is 217 Å². The zero-order chi connectivity index (χ0) is 26.7. The summed E-state index contributed by atoms with van der Waals surface area (Å²) in [6, 6.07) is 13.7. The molecule has 4 rings (SSSR count). The summed E-state index contributed by atoms with van der Waals surface area (Å²) in [5.74, 6) is -0.391. The van der Waals surface area contributed by atoms with Crippen LogP contribution in [-0.2, 0) is 26.3 Å². The second-order valence-electron chi connectivity index (χ2n) is 10.4. The number of amides is 3. The minimum absolute atomic E-state index is 0.0928. The molecule has 2 aromatic rings. The molecule has 37 heavy (non-hydrogen) atoms. The van der Waals surface area contributed by atoms with Crippen LogP contribution in [0.5, 0.6) is 0 Å². The lowest BCUT2D eigenvalue weighted by Gasteiger charge is -2.33. The highest BCUT2D eigenvalue weighted by molar-refractivity contribution is 6.08. The van der Waals surface area contributed by atoms with Crippen molar-refractivity contribution in [2.45, 2.75) is 57.7 Å². The molecule has 3 atom stereocenters. The van der Waals surface area contributed by atoms with E-state index in [1.165, 1.54) is 11.1 Å². The number of nitrogens with one attached hydrogen (secondary N) is 1. The number of aryl methyl sites for hydroxylation is 1. The average Bonchev–Trinajstić information content (AvgIpc) is 3.38. The Morgan fingerprint density at radius 1 is 1.27 bits per heavy atom. The molecule has 0 aromatic heterocycles. The van der Waals surface area contributed by atoms with Crippen LogP contribution in [0.4, 0.5) is 10.5 Å². The van der Waals surface area contributed by atoms with Crippen LogP contribution in [0, 0.1) is 12.8 Å². The van der Waals surface area contributed by atoms with Crippen molar-refractivity contribution in [2.75, 3.05) is 18.9 Å². The molecule has 9 nitrogen and oxygen atoms in total. The van der Waals surface area contributed by atoms with Crippen LogP contribution in [0.1, 0.15) is 43.4 Å². The third-order valence-corrected chi connectivity index (χ3v) is 7.23. The molecule has 2 aromatic carbocycles. The van der Waals surface area contributed by atoms with E-state index in [1.54, 1.807) is 11.9 Å². The number of ether oxygens (including phenoxy) is 1. The van der Waals surface area contributed by atoms with Crippen molar-refractivity contribution in [3.63, 3.8) is 0 Å². The molecule has 1 fully saturated rings. The Kier molecular flexibility index (Phi) is 7.52. The number of carbonyl (C=O) groups excluding carboxylic acids is 3. The third-order valence-electron chi connectivity index (χ3n) is 7.23. The van der Waals surface area contributed by atoms with Crippen molar-refractivity contribution in [3.8, 4) is 0 Å². The molecule has 0 radical (unpaired) electrons. The van der Waals surface area contributed by atoms with Crippen LogP contribution < -0.4 is 5.32 Å². The number of likely N-dealkylation sites (tertiary alicyclic amines) is 1. The standard InChI is InChI=1S/C28H34N4O5/c1-18(2)12-24(31(4)27(35)37-16-20-8-6-5-7-9-20)25(33)32-17-28(14-21(32)15-29-36)22-13-19(3)10-11-23(22)30-26(28)34/h5-11,13,15,18,21,24,36H,12,14,16-17H2,1-4H3,(H,30,34)/b29-15+/t21-,24-,28-/m0/s1. The lowest BCUT2D eigenvalue weighted by molar-refractivity contribution is -0.136. The fourth-order valence-electron chi connectivity index (χ4n) is 5.29. The molecule has 2 aliphatic rings. The molecule has 3 amide bonds. The molecule has 0 aliphatic carbocycles. The van der Waals surface area contributed by atoms with Gasteiger partial charge in [0.05, 0.1) is 17.7 Å². The minimum atomic E-state index is -0.961. The largest absolute Gasteiger partial charge is 0.445 e. The number of carbonyl (C=O) groups is 3. The minimum Gasteiger partial charge on any atom is -0.445 e.